The molecule has 0 bridgehead atoms. The van der Waals surface area contributed by atoms with E-state index in [1.54, 1.807) is 14.2 Å². The maximum Gasteiger partial charge on any atom is 0.127 e. The van der Waals surface area contributed by atoms with Crippen molar-refractivity contribution < 1.29 is 9.47 Å². The van der Waals surface area contributed by atoms with Crippen LogP contribution in [0.25, 0.3) is 0 Å². The second-order valence-corrected chi connectivity index (χ2v) is 4.84. The predicted octanol–water partition coefficient (Wildman–Crippen LogP) is 4.19. The average molecular weight is 271 g/mol. The van der Waals surface area contributed by atoms with Crippen molar-refractivity contribution in [3.63, 3.8) is 0 Å². The minimum absolute atomic E-state index is 0.151. The highest BCUT2D eigenvalue weighted by Gasteiger charge is 2.12. The molecular formula is C17H21NO2. The zero-order valence-electron chi connectivity index (χ0n) is 12.4. The molecule has 3 nitrogen and oxygen atoms in total. The van der Waals surface area contributed by atoms with Crippen LogP contribution in [-0.4, -0.2) is 14.2 Å². The van der Waals surface area contributed by atoms with E-state index in [1.165, 1.54) is 5.56 Å². The summed E-state index contributed by atoms with van der Waals surface area (Å²) in [5, 5.41) is 3.48. The molecule has 0 aliphatic carbocycles. The summed E-state index contributed by atoms with van der Waals surface area (Å²) in [7, 11) is 3.33. The van der Waals surface area contributed by atoms with Crippen molar-refractivity contribution in [1.82, 2.24) is 0 Å². The summed E-state index contributed by atoms with van der Waals surface area (Å²) < 4.78 is 10.7. The molecule has 2 aromatic rings. The topological polar surface area (TPSA) is 30.5 Å². The van der Waals surface area contributed by atoms with Crippen molar-refractivity contribution in [2.45, 2.75) is 19.9 Å². The lowest BCUT2D eigenvalue weighted by atomic mass is 10.1. The quantitative estimate of drug-likeness (QED) is 0.884. The number of methoxy groups -OCH3 is 2. The van der Waals surface area contributed by atoms with Gasteiger partial charge in [-0.25, -0.2) is 0 Å². The van der Waals surface area contributed by atoms with Gasteiger partial charge in [0.05, 0.1) is 20.3 Å². The molecule has 1 atom stereocenters. The lowest BCUT2D eigenvalue weighted by molar-refractivity contribution is 0.390. The number of hydrogen-bond donors (Lipinski definition) is 1. The van der Waals surface area contributed by atoms with Crippen LogP contribution in [0, 0.1) is 6.92 Å². The molecule has 3 heteroatoms. The van der Waals surface area contributed by atoms with Gasteiger partial charge in [0.15, 0.2) is 0 Å². The van der Waals surface area contributed by atoms with E-state index >= 15 is 0 Å². The van der Waals surface area contributed by atoms with Crippen LogP contribution in [0.1, 0.15) is 24.1 Å². The number of anilines is 1. The first-order valence-electron chi connectivity index (χ1n) is 6.69. The monoisotopic (exact) mass is 271 g/mol. The maximum absolute atomic E-state index is 5.45. The fourth-order valence-corrected chi connectivity index (χ4v) is 2.15. The van der Waals surface area contributed by atoms with E-state index in [0.717, 1.165) is 22.7 Å². The second-order valence-electron chi connectivity index (χ2n) is 4.84. The molecule has 0 saturated carbocycles. The summed E-state index contributed by atoms with van der Waals surface area (Å²) in [6, 6.07) is 14.4. The molecule has 1 N–H and O–H groups in total. The second kappa shape index (κ2) is 6.33. The van der Waals surface area contributed by atoms with Gasteiger partial charge in [0.2, 0.25) is 0 Å². The number of aryl methyl sites for hydroxylation is 1. The standard InChI is InChI=1S/C17H21NO2/c1-12-5-7-14(8-6-12)18-13(2)16-10-9-15(19-3)11-17(16)20-4/h5-11,13,18H,1-4H3. The molecule has 0 aromatic heterocycles. The summed E-state index contributed by atoms with van der Waals surface area (Å²) in [6.07, 6.45) is 0. The van der Waals surface area contributed by atoms with Crippen molar-refractivity contribution in [2.24, 2.45) is 0 Å². The van der Waals surface area contributed by atoms with Gasteiger partial charge in [-0.05, 0) is 38.1 Å². The Kier molecular flexibility index (Phi) is 4.51. The molecule has 0 radical (unpaired) electrons. The molecule has 0 spiro atoms. The van der Waals surface area contributed by atoms with Crippen molar-refractivity contribution >= 4 is 5.69 Å². The van der Waals surface area contributed by atoms with Crippen LogP contribution < -0.4 is 14.8 Å². The summed E-state index contributed by atoms with van der Waals surface area (Å²) in [4.78, 5) is 0. The Hall–Kier alpha value is -2.16. The minimum atomic E-state index is 0.151. The highest BCUT2D eigenvalue weighted by Crippen LogP contribution is 2.31. The number of ether oxygens (including phenoxy) is 2. The Bertz CT molecular complexity index is 564. The minimum Gasteiger partial charge on any atom is -0.497 e. The van der Waals surface area contributed by atoms with Gasteiger partial charge in [-0.2, -0.15) is 0 Å². The third-order valence-corrected chi connectivity index (χ3v) is 3.34. The van der Waals surface area contributed by atoms with E-state index < -0.39 is 0 Å². The van der Waals surface area contributed by atoms with E-state index in [0.29, 0.717) is 0 Å². The zero-order valence-corrected chi connectivity index (χ0v) is 12.4. The Morgan fingerprint density at radius 3 is 2.25 bits per heavy atom. The van der Waals surface area contributed by atoms with E-state index in [2.05, 4.69) is 43.4 Å². The van der Waals surface area contributed by atoms with Gasteiger partial charge in [0, 0.05) is 17.3 Å². The number of nitrogens with one attached hydrogen (secondary N) is 1. The summed E-state index contributed by atoms with van der Waals surface area (Å²) >= 11 is 0. The first-order chi connectivity index (χ1) is 9.63. The average Bonchev–Trinajstić information content (AvgIpc) is 2.48. The van der Waals surface area contributed by atoms with Crippen LogP contribution in [0.5, 0.6) is 11.5 Å². The Labute approximate surface area is 120 Å². The summed E-state index contributed by atoms with van der Waals surface area (Å²) in [6.45, 7) is 4.20. The first kappa shape index (κ1) is 14.3. The molecule has 2 aromatic carbocycles. The van der Waals surface area contributed by atoms with Crippen LogP contribution in [0.2, 0.25) is 0 Å². The summed E-state index contributed by atoms with van der Waals surface area (Å²) in [5.41, 5.74) is 3.46. The molecule has 106 valence electrons. The van der Waals surface area contributed by atoms with Crippen molar-refractivity contribution in [3.8, 4) is 11.5 Å². The molecule has 0 heterocycles. The van der Waals surface area contributed by atoms with Crippen LogP contribution in [0.15, 0.2) is 42.5 Å². The predicted molar refractivity (Wildman–Crippen MR) is 82.8 cm³/mol. The molecule has 1 unspecified atom stereocenters. The van der Waals surface area contributed by atoms with Gasteiger partial charge in [-0.3, -0.25) is 0 Å². The third kappa shape index (κ3) is 3.23. The van der Waals surface area contributed by atoms with Crippen LogP contribution in [0.4, 0.5) is 5.69 Å². The molecule has 0 saturated heterocycles. The van der Waals surface area contributed by atoms with Gasteiger partial charge in [-0.1, -0.05) is 17.7 Å². The van der Waals surface area contributed by atoms with Crippen molar-refractivity contribution in [2.75, 3.05) is 19.5 Å². The number of benzene rings is 2. The highest BCUT2D eigenvalue weighted by molar-refractivity contribution is 5.50. The van der Waals surface area contributed by atoms with E-state index in [-0.39, 0.29) is 6.04 Å². The highest BCUT2D eigenvalue weighted by atomic mass is 16.5. The lowest BCUT2D eigenvalue weighted by Gasteiger charge is -2.19. The molecule has 0 amide bonds. The molecular weight excluding hydrogens is 250 g/mol. The maximum atomic E-state index is 5.45. The Morgan fingerprint density at radius 2 is 1.65 bits per heavy atom. The van der Waals surface area contributed by atoms with Crippen LogP contribution >= 0.6 is 0 Å². The number of hydrogen-bond acceptors (Lipinski definition) is 3. The Balaban J connectivity index is 2.20. The molecule has 0 aliphatic heterocycles. The van der Waals surface area contributed by atoms with E-state index in [4.69, 9.17) is 9.47 Å². The van der Waals surface area contributed by atoms with Crippen LogP contribution in [-0.2, 0) is 0 Å². The molecule has 2 rings (SSSR count). The Morgan fingerprint density at radius 1 is 0.950 bits per heavy atom. The van der Waals surface area contributed by atoms with E-state index in [1.807, 2.05) is 18.2 Å². The fraction of sp³-hybridized carbons (Fsp3) is 0.294. The summed E-state index contributed by atoms with van der Waals surface area (Å²) in [5.74, 6) is 1.63. The van der Waals surface area contributed by atoms with Gasteiger partial charge < -0.3 is 14.8 Å². The smallest absolute Gasteiger partial charge is 0.127 e. The van der Waals surface area contributed by atoms with Gasteiger partial charge in [0.25, 0.3) is 0 Å². The molecule has 0 aliphatic rings. The molecule has 0 fully saturated rings. The third-order valence-electron chi connectivity index (χ3n) is 3.34. The normalized spacial score (nSPS) is 11.8. The van der Waals surface area contributed by atoms with E-state index in [9.17, 15) is 0 Å². The lowest BCUT2D eigenvalue weighted by Crippen LogP contribution is -2.08. The van der Waals surface area contributed by atoms with Crippen molar-refractivity contribution in [3.05, 3.63) is 53.6 Å². The van der Waals surface area contributed by atoms with Gasteiger partial charge in [0.1, 0.15) is 11.5 Å². The number of rotatable bonds is 5. The fourth-order valence-electron chi connectivity index (χ4n) is 2.15. The van der Waals surface area contributed by atoms with Crippen molar-refractivity contribution in [1.29, 1.82) is 0 Å². The SMILES string of the molecule is COc1ccc(C(C)Nc2ccc(C)cc2)c(OC)c1. The van der Waals surface area contributed by atoms with Gasteiger partial charge in [-0.15, -0.1) is 0 Å². The first-order valence-corrected chi connectivity index (χ1v) is 6.69. The molecule has 20 heavy (non-hydrogen) atoms. The van der Waals surface area contributed by atoms with Gasteiger partial charge >= 0.3 is 0 Å². The van der Waals surface area contributed by atoms with Crippen LogP contribution in [0.3, 0.4) is 0 Å². The zero-order chi connectivity index (χ0) is 14.5. The largest absolute Gasteiger partial charge is 0.497 e.